The molecule has 1 atom stereocenters. The highest BCUT2D eigenvalue weighted by Crippen LogP contribution is 2.33. The van der Waals surface area contributed by atoms with Gasteiger partial charge in [-0.15, -0.1) is 0 Å². The topological polar surface area (TPSA) is 52.2 Å². The van der Waals surface area contributed by atoms with E-state index in [0.29, 0.717) is 0 Å². The highest BCUT2D eigenvalue weighted by Gasteiger charge is 2.32. The number of para-hydroxylation sites is 2. The Hall–Kier alpha value is -2.82. The number of aromatic nitrogens is 2. The number of fused-ring (bicyclic) bond motifs is 1. The van der Waals surface area contributed by atoms with Crippen molar-refractivity contribution in [2.75, 3.05) is 25.5 Å². The highest BCUT2D eigenvalue weighted by atomic mass is 16.2. The first-order valence-electron chi connectivity index (χ1n) is 8.66. The molecule has 2 heterocycles. The minimum Gasteiger partial charge on any atom is -0.378 e. The molecule has 1 aliphatic heterocycles. The van der Waals surface area contributed by atoms with E-state index < -0.39 is 0 Å². The molecule has 0 aliphatic carbocycles. The van der Waals surface area contributed by atoms with Gasteiger partial charge in [-0.25, -0.2) is 4.98 Å². The van der Waals surface area contributed by atoms with Crippen molar-refractivity contribution in [1.29, 1.82) is 0 Å². The Morgan fingerprint density at radius 1 is 1.20 bits per heavy atom. The molecule has 1 fully saturated rings. The molecular weight excluding hydrogens is 312 g/mol. The molecule has 5 nitrogen and oxygen atoms in total. The Morgan fingerprint density at radius 2 is 2.04 bits per heavy atom. The van der Waals surface area contributed by atoms with Crippen molar-refractivity contribution in [3.05, 3.63) is 59.9 Å². The van der Waals surface area contributed by atoms with Crippen LogP contribution in [0.2, 0.25) is 0 Å². The summed E-state index contributed by atoms with van der Waals surface area (Å²) in [6.45, 7) is 0.771. The zero-order chi connectivity index (χ0) is 17.4. The van der Waals surface area contributed by atoms with E-state index in [-0.39, 0.29) is 11.9 Å². The van der Waals surface area contributed by atoms with Crippen LogP contribution in [0.5, 0.6) is 0 Å². The van der Waals surface area contributed by atoms with Gasteiger partial charge in [0.1, 0.15) is 5.82 Å². The molecule has 1 saturated heterocycles. The van der Waals surface area contributed by atoms with Crippen LogP contribution in [0.25, 0.3) is 11.0 Å². The van der Waals surface area contributed by atoms with Gasteiger partial charge in [0.05, 0.1) is 17.1 Å². The van der Waals surface area contributed by atoms with E-state index >= 15 is 0 Å². The lowest BCUT2D eigenvalue weighted by molar-refractivity contribution is 0.0730. The standard InChI is InChI=1S/C20H22N4O/c1-23(2)15-8-5-7-14(13-15)20(25)24-12-6-11-18(24)19-21-16-9-3-4-10-17(16)22-19/h3-5,7-10,13,18H,6,11-12H2,1-2H3,(H,21,22). The normalized spacial score (nSPS) is 17.2. The molecular formula is C20H22N4O. The van der Waals surface area contributed by atoms with Crippen molar-refractivity contribution < 1.29 is 4.79 Å². The number of nitrogens with zero attached hydrogens (tertiary/aromatic N) is 3. The summed E-state index contributed by atoms with van der Waals surface area (Å²) in [5.74, 6) is 0.961. The van der Waals surface area contributed by atoms with Gasteiger partial charge in [0, 0.05) is 31.9 Å². The Balaban J connectivity index is 1.64. The molecule has 1 aromatic heterocycles. The Labute approximate surface area is 147 Å². The molecule has 128 valence electrons. The summed E-state index contributed by atoms with van der Waals surface area (Å²) in [6.07, 6.45) is 1.94. The van der Waals surface area contributed by atoms with Gasteiger partial charge in [-0.1, -0.05) is 18.2 Å². The quantitative estimate of drug-likeness (QED) is 0.796. The molecule has 1 amide bonds. The van der Waals surface area contributed by atoms with E-state index in [4.69, 9.17) is 4.98 Å². The van der Waals surface area contributed by atoms with Crippen LogP contribution in [0.1, 0.15) is 35.1 Å². The van der Waals surface area contributed by atoms with Gasteiger partial charge in [0.2, 0.25) is 0 Å². The third kappa shape index (κ3) is 2.86. The number of anilines is 1. The number of imidazole rings is 1. The molecule has 4 rings (SSSR count). The molecule has 0 saturated carbocycles. The molecule has 1 unspecified atom stereocenters. The zero-order valence-electron chi connectivity index (χ0n) is 14.6. The number of likely N-dealkylation sites (tertiary alicyclic amines) is 1. The average molecular weight is 334 g/mol. The summed E-state index contributed by atoms with van der Waals surface area (Å²) in [7, 11) is 3.97. The summed E-state index contributed by atoms with van der Waals surface area (Å²) < 4.78 is 0. The Bertz CT molecular complexity index is 882. The smallest absolute Gasteiger partial charge is 0.254 e. The number of carbonyl (C=O) groups excluding carboxylic acids is 1. The molecule has 1 aliphatic rings. The lowest BCUT2D eigenvalue weighted by Gasteiger charge is -2.24. The molecule has 25 heavy (non-hydrogen) atoms. The summed E-state index contributed by atoms with van der Waals surface area (Å²) in [5, 5.41) is 0. The molecule has 3 aromatic rings. The van der Waals surface area contributed by atoms with Crippen molar-refractivity contribution in [2.24, 2.45) is 0 Å². The number of H-pyrrole nitrogens is 1. The predicted octanol–water partition coefficient (Wildman–Crippen LogP) is 3.61. The summed E-state index contributed by atoms with van der Waals surface area (Å²) in [6, 6.07) is 15.8. The van der Waals surface area contributed by atoms with Crippen LogP contribution in [0.3, 0.4) is 0 Å². The molecule has 1 N–H and O–H groups in total. The van der Waals surface area contributed by atoms with Crippen LogP contribution in [-0.2, 0) is 0 Å². The number of hydrogen-bond donors (Lipinski definition) is 1. The second-order valence-corrected chi connectivity index (χ2v) is 6.74. The van der Waals surface area contributed by atoms with Gasteiger partial charge >= 0.3 is 0 Å². The van der Waals surface area contributed by atoms with E-state index in [9.17, 15) is 4.79 Å². The fraction of sp³-hybridized carbons (Fsp3) is 0.300. The fourth-order valence-corrected chi connectivity index (χ4v) is 3.51. The van der Waals surface area contributed by atoms with Crippen LogP contribution >= 0.6 is 0 Å². The molecule has 2 aromatic carbocycles. The van der Waals surface area contributed by atoms with Crippen molar-refractivity contribution in [1.82, 2.24) is 14.9 Å². The maximum atomic E-state index is 13.1. The molecule has 0 spiro atoms. The highest BCUT2D eigenvalue weighted by molar-refractivity contribution is 5.95. The van der Waals surface area contributed by atoms with E-state index in [1.165, 1.54) is 0 Å². The fourth-order valence-electron chi connectivity index (χ4n) is 3.51. The zero-order valence-corrected chi connectivity index (χ0v) is 14.6. The first kappa shape index (κ1) is 15.7. The van der Waals surface area contributed by atoms with Crippen LogP contribution < -0.4 is 4.90 Å². The van der Waals surface area contributed by atoms with E-state index in [1.54, 1.807) is 0 Å². The second kappa shape index (κ2) is 6.24. The number of aromatic amines is 1. The molecule has 0 radical (unpaired) electrons. The third-order valence-electron chi connectivity index (χ3n) is 4.85. The number of amides is 1. The summed E-state index contributed by atoms with van der Waals surface area (Å²) in [4.78, 5) is 25.1. The van der Waals surface area contributed by atoms with Crippen LogP contribution in [0, 0.1) is 0 Å². The lowest BCUT2D eigenvalue weighted by atomic mass is 10.1. The maximum Gasteiger partial charge on any atom is 0.254 e. The van der Waals surface area contributed by atoms with Crippen LogP contribution in [0.15, 0.2) is 48.5 Å². The van der Waals surface area contributed by atoms with Crippen molar-refractivity contribution in [3.8, 4) is 0 Å². The van der Waals surface area contributed by atoms with Gasteiger partial charge < -0.3 is 14.8 Å². The lowest BCUT2D eigenvalue weighted by Crippen LogP contribution is -2.31. The summed E-state index contributed by atoms with van der Waals surface area (Å²) >= 11 is 0. The molecule has 0 bridgehead atoms. The number of rotatable bonds is 3. The van der Waals surface area contributed by atoms with Gasteiger partial charge in [-0.05, 0) is 43.2 Å². The third-order valence-corrected chi connectivity index (χ3v) is 4.85. The maximum absolute atomic E-state index is 13.1. The number of benzene rings is 2. The van der Waals surface area contributed by atoms with Gasteiger partial charge in [-0.3, -0.25) is 4.79 Å². The summed E-state index contributed by atoms with van der Waals surface area (Å²) in [5.41, 5.74) is 3.73. The van der Waals surface area contributed by atoms with Crippen molar-refractivity contribution in [2.45, 2.75) is 18.9 Å². The monoisotopic (exact) mass is 334 g/mol. The number of nitrogens with one attached hydrogen (secondary N) is 1. The van der Waals surface area contributed by atoms with Gasteiger partial charge in [0.15, 0.2) is 0 Å². The van der Waals surface area contributed by atoms with Gasteiger partial charge in [0.25, 0.3) is 5.91 Å². The number of carbonyl (C=O) groups is 1. The Morgan fingerprint density at radius 3 is 2.84 bits per heavy atom. The predicted molar refractivity (Wildman–Crippen MR) is 99.9 cm³/mol. The van der Waals surface area contributed by atoms with E-state index in [0.717, 1.165) is 47.5 Å². The SMILES string of the molecule is CN(C)c1cccc(C(=O)N2CCCC2c2nc3ccccc3[nH]2)c1. The largest absolute Gasteiger partial charge is 0.378 e. The minimum absolute atomic E-state index is 0.0166. The van der Waals surface area contributed by atoms with Crippen LogP contribution in [-0.4, -0.2) is 41.4 Å². The second-order valence-electron chi connectivity index (χ2n) is 6.74. The van der Waals surface area contributed by atoms with Gasteiger partial charge in [-0.2, -0.15) is 0 Å². The minimum atomic E-state index is 0.0166. The Kier molecular flexibility index (Phi) is 3.92. The van der Waals surface area contributed by atoms with Crippen molar-refractivity contribution >= 4 is 22.6 Å². The first-order valence-corrected chi connectivity index (χ1v) is 8.66. The van der Waals surface area contributed by atoms with E-state index in [1.807, 2.05) is 72.4 Å². The van der Waals surface area contributed by atoms with Crippen LogP contribution in [0.4, 0.5) is 5.69 Å². The number of hydrogen-bond acceptors (Lipinski definition) is 3. The van der Waals surface area contributed by atoms with E-state index in [2.05, 4.69) is 4.98 Å². The van der Waals surface area contributed by atoms with Crippen molar-refractivity contribution in [3.63, 3.8) is 0 Å². The average Bonchev–Trinajstić information content (AvgIpc) is 3.27. The first-order chi connectivity index (χ1) is 12.1. The molecule has 5 heteroatoms.